The Kier molecular flexibility index (Phi) is 2.82. The van der Waals surface area contributed by atoms with Gasteiger partial charge in [-0.3, -0.25) is 0 Å². The summed E-state index contributed by atoms with van der Waals surface area (Å²) in [5.41, 5.74) is 4.16. The Balaban J connectivity index is 3.13. The van der Waals surface area contributed by atoms with Crippen molar-refractivity contribution >= 4 is 27.6 Å². The highest BCUT2D eigenvalue weighted by molar-refractivity contribution is 9.10. The van der Waals surface area contributed by atoms with Crippen LogP contribution in [-0.2, 0) is 0 Å². The van der Waals surface area contributed by atoms with Crippen molar-refractivity contribution in [2.75, 3.05) is 5.32 Å². The van der Waals surface area contributed by atoms with E-state index >= 15 is 0 Å². The number of nitrogens with two attached hydrogens (primary N) is 1. The predicted molar refractivity (Wildman–Crippen MR) is 47.3 cm³/mol. The molecule has 70 valence electrons. The first-order chi connectivity index (χ1) is 6.00. The Bertz CT molecular complexity index is 333. The van der Waals surface area contributed by atoms with E-state index in [1.54, 1.807) is 0 Å². The fraction of sp³-hybridized carbons (Fsp3) is 0. The predicted octanol–water partition coefficient (Wildman–Crippen LogP) is 2.22. The lowest BCUT2D eigenvalue weighted by Gasteiger charge is -2.04. The van der Waals surface area contributed by atoms with Gasteiger partial charge in [0.05, 0.1) is 0 Å². The Morgan fingerprint density at radius 1 is 1.38 bits per heavy atom. The normalized spacial score (nSPS) is 9.77. The largest absolute Gasteiger partial charge is 0.351 e. The average Bonchev–Trinajstić information content (AvgIpc) is 1.96. The van der Waals surface area contributed by atoms with Crippen molar-refractivity contribution < 1.29 is 13.6 Å². The van der Waals surface area contributed by atoms with E-state index in [0.717, 1.165) is 12.1 Å². The van der Waals surface area contributed by atoms with E-state index in [2.05, 4.69) is 15.9 Å². The second-order valence-corrected chi connectivity index (χ2v) is 3.15. The SMILES string of the molecule is NC(=O)Nc1c(F)cc(Br)cc1F. The molecule has 0 atom stereocenters. The van der Waals surface area contributed by atoms with Gasteiger partial charge in [0.2, 0.25) is 0 Å². The quantitative estimate of drug-likeness (QED) is 0.789. The summed E-state index contributed by atoms with van der Waals surface area (Å²) in [6.45, 7) is 0. The first kappa shape index (κ1) is 9.91. The van der Waals surface area contributed by atoms with Crippen molar-refractivity contribution in [3.8, 4) is 0 Å². The number of urea groups is 1. The van der Waals surface area contributed by atoms with Crippen LogP contribution in [0.4, 0.5) is 19.3 Å². The molecule has 3 N–H and O–H groups in total. The van der Waals surface area contributed by atoms with Crippen LogP contribution in [-0.4, -0.2) is 6.03 Å². The molecule has 2 amide bonds. The van der Waals surface area contributed by atoms with Gasteiger partial charge in [-0.2, -0.15) is 0 Å². The van der Waals surface area contributed by atoms with Crippen LogP contribution >= 0.6 is 15.9 Å². The van der Waals surface area contributed by atoms with Gasteiger partial charge in [0, 0.05) is 4.47 Å². The Morgan fingerprint density at radius 3 is 2.23 bits per heavy atom. The smallest absolute Gasteiger partial charge is 0.316 e. The van der Waals surface area contributed by atoms with Crippen LogP contribution < -0.4 is 11.1 Å². The summed E-state index contributed by atoms with van der Waals surface area (Å²) in [6, 6.07) is 1.03. The van der Waals surface area contributed by atoms with Crippen LogP contribution in [0.3, 0.4) is 0 Å². The monoisotopic (exact) mass is 250 g/mol. The zero-order valence-electron chi connectivity index (χ0n) is 6.27. The van der Waals surface area contributed by atoms with Crippen LogP contribution in [0.25, 0.3) is 0 Å². The number of halogens is 3. The van der Waals surface area contributed by atoms with E-state index in [4.69, 9.17) is 5.73 Å². The molecule has 13 heavy (non-hydrogen) atoms. The van der Waals surface area contributed by atoms with E-state index < -0.39 is 23.4 Å². The third kappa shape index (κ3) is 2.38. The van der Waals surface area contributed by atoms with Gasteiger partial charge < -0.3 is 11.1 Å². The zero-order valence-corrected chi connectivity index (χ0v) is 7.86. The van der Waals surface area contributed by atoms with E-state index in [1.165, 1.54) is 0 Å². The molecule has 0 unspecified atom stereocenters. The molecule has 0 heterocycles. The summed E-state index contributed by atoms with van der Waals surface area (Å²) >= 11 is 2.89. The summed E-state index contributed by atoms with van der Waals surface area (Å²) in [5, 5.41) is 1.84. The minimum Gasteiger partial charge on any atom is -0.351 e. The molecule has 0 saturated carbocycles. The van der Waals surface area contributed by atoms with Crippen LogP contribution in [0.15, 0.2) is 16.6 Å². The summed E-state index contributed by atoms with van der Waals surface area (Å²) < 4.78 is 26.1. The van der Waals surface area contributed by atoms with Gasteiger partial charge in [0.15, 0.2) is 11.6 Å². The number of anilines is 1. The number of amides is 2. The lowest BCUT2D eigenvalue weighted by molar-refractivity contribution is 0.259. The van der Waals surface area contributed by atoms with Gasteiger partial charge in [0.1, 0.15) is 5.69 Å². The molecule has 0 aliphatic heterocycles. The molecule has 0 spiro atoms. The van der Waals surface area contributed by atoms with Crippen molar-refractivity contribution in [2.24, 2.45) is 5.73 Å². The fourth-order valence-electron chi connectivity index (χ4n) is 0.785. The van der Waals surface area contributed by atoms with Crippen molar-refractivity contribution in [2.45, 2.75) is 0 Å². The molecule has 3 nitrogen and oxygen atoms in total. The molecular weight excluding hydrogens is 246 g/mol. The molecule has 0 aliphatic carbocycles. The van der Waals surface area contributed by atoms with Gasteiger partial charge in [-0.05, 0) is 12.1 Å². The molecule has 6 heteroatoms. The summed E-state index contributed by atoms with van der Waals surface area (Å²) in [7, 11) is 0. The molecule has 0 aromatic heterocycles. The maximum Gasteiger partial charge on any atom is 0.316 e. The number of nitrogens with one attached hydrogen (secondary N) is 1. The topological polar surface area (TPSA) is 55.1 Å². The van der Waals surface area contributed by atoms with Gasteiger partial charge in [-0.1, -0.05) is 15.9 Å². The summed E-state index contributed by atoms with van der Waals surface area (Å²) in [5.74, 6) is -1.77. The first-order valence-corrected chi connectivity index (χ1v) is 4.01. The van der Waals surface area contributed by atoms with E-state index in [0.29, 0.717) is 0 Å². The van der Waals surface area contributed by atoms with E-state index in [9.17, 15) is 13.6 Å². The van der Waals surface area contributed by atoms with Crippen LogP contribution in [0.5, 0.6) is 0 Å². The van der Waals surface area contributed by atoms with Crippen LogP contribution in [0.2, 0.25) is 0 Å². The number of hydrogen-bond donors (Lipinski definition) is 2. The number of hydrogen-bond acceptors (Lipinski definition) is 1. The molecule has 1 aromatic rings. The summed E-state index contributed by atoms with van der Waals surface area (Å²) in [6.07, 6.45) is 0. The molecule has 0 bridgehead atoms. The number of carbonyl (C=O) groups excluding carboxylic acids is 1. The third-order valence-corrected chi connectivity index (χ3v) is 1.71. The number of rotatable bonds is 1. The second kappa shape index (κ2) is 3.69. The van der Waals surface area contributed by atoms with E-state index in [1.807, 2.05) is 5.32 Å². The van der Waals surface area contributed by atoms with Gasteiger partial charge in [-0.25, -0.2) is 13.6 Å². The molecule has 1 aromatic carbocycles. The van der Waals surface area contributed by atoms with Crippen molar-refractivity contribution in [3.63, 3.8) is 0 Å². The van der Waals surface area contributed by atoms with Gasteiger partial charge in [0.25, 0.3) is 0 Å². The maximum absolute atomic E-state index is 12.9. The molecular formula is C7H5BrF2N2O. The molecule has 0 fully saturated rings. The average molecular weight is 251 g/mol. The lowest BCUT2D eigenvalue weighted by Crippen LogP contribution is -2.20. The Hall–Kier alpha value is -1.17. The minimum absolute atomic E-state index is 0.248. The van der Waals surface area contributed by atoms with Crippen molar-refractivity contribution in [1.29, 1.82) is 0 Å². The molecule has 0 aliphatic rings. The fourth-order valence-corrected chi connectivity index (χ4v) is 1.19. The first-order valence-electron chi connectivity index (χ1n) is 3.21. The van der Waals surface area contributed by atoms with Gasteiger partial charge in [-0.15, -0.1) is 0 Å². The summed E-state index contributed by atoms with van der Waals surface area (Å²) in [4.78, 5) is 10.3. The number of carbonyl (C=O) groups is 1. The lowest BCUT2D eigenvalue weighted by atomic mass is 10.3. The van der Waals surface area contributed by atoms with Gasteiger partial charge >= 0.3 is 6.03 Å². The molecule has 1 rings (SSSR count). The maximum atomic E-state index is 12.9. The van der Waals surface area contributed by atoms with Crippen molar-refractivity contribution in [3.05, 3.63) is 28.2 Å². The molecule has 0 saturated heterocycles. The second-order valence-electron chi connectivity index (χ2n) is 2.23. The third-order valence-electron chi connectivity index (χ3n) is 1.26. The number of benzene rings is 1. The van der Waals surface area contributed by atoms with Crippen LogP contribution in [0.1, 0.15) is 0 Å². The highest BCUT2D eigenvalue weighted by Crippen LogP contribution is 2.23. The van der Waals surface area contributed by atoms with E-state index in [-0.39, 0.29) is 4.47 Å². The minimum atomic E-state index is -1.01. The Morgan fingerprint density at radius 2 is 1.85 bits per heavy atom. The molecule has 0 radical (unpaired) electrons. The highest BCUT2D eigenvalue weighted by Gasteiger charge is 2.11. The van der Waals surface area contributed by atoms with Crippen LogP contribution in [0, 0.1) is 11.6 Å². The highest BCUT2D eigenvalue weighted by atomic mass is 79.9. The zero-order chi connectivity index (χ0) is 10.0. The Labute approximate surface area is 81.0 Å². The number of primary amides is 1. The standard InChI is InChI=1S/C7H5BrF2N2O/c8-3-1-4(9)6(5(10)2-3)12-7(11)13/h1-2H,(H3,11,12,13). The van der Waals surface area contributed by atoms with Crippen molar-refractivity contribution in [1.82, 2.24) is 0 Å².